The van der Waals surface area contributed by atoms with Crippen molar-refractivity contribution >= 4 is 22.6 Å². The lowest BCUT2D eigenvalue weighted by atomic mass is 10.2. The van der Waals surface area contributed by atoms with Crippen LogP contribution in [0.2, 0.25) is 5.02 Å². The molecule has 1 aliphatic heterocycles. The van der Waals surface area contributed by atoms with Crippen molar-refractivity contribution in [2.75, 3.05) is 6.54 Å². The van der Waals surface area contributed by atoms with Crippen molar-refractivity contribution in [2.45, 2.75) is 18.9 Å². The van der Waals surface area contributed by atoms with Crippen molar-refractivity contribution < 1.29 is 0 Å². The maximum atomic E-state index is 6.00. The molecule has 1 N–H and O–H groups in total. The van der Waals surface area contributed by atoms with E-state index in [1.54, 1.807) is 0 Å². The van der Waals surface area contributed by atoms with Gasteiger partial charge < -0.3 is 9.88 Å². The minimum Gasteiger partial charge on any atom is -0.330 e. The topological polar surface area (TPSA) is 29.9 Å². The smallest absolute Gasteiger partial charge is 0.126 e. The number of aryl methyl sites for hydroxylation is 1. The summed E-state index contributed by atoms with van der Waals surface area (Å²) in [5, 5.41) is 4.24. The minimum absolute atomic E-state index is 0.399. The number of fused-ring (bicyclic) bond motifs is 1. The van der Waals surface area contributed by atoms with Crippen LogP contribution in [-0.4, -0.2) is 16.1 Å². The predicted octanol–water partition coefficient (Wildman–Crippen LogP) is 2.65. The molecule has 1 aliphatic rings. The molecule has 1 aromatic carbocycles. The minimum atomic E-state index is 0.399. The van der Waals surface area contributed by atoms with Crippen LogP contribution in [0.5, 0.6) is 0 Å². The molecule has 0 spiro atoms. The zero-order valence-corrected chi connectivity index (χ0v) is 9.96. The summed E-state index contributed by atoms with van der Waals surface area (Å²) >= 11 is 6.00. The Hall–Kier alpha value is -1.06. The first-order valence-corrected chi connectivity index (χ1v) is 5.99. The van der Waals surface area contributed by atoms with E-state index >= 15 is 0 Å². The number of imidazole rings is 1. The van der Waals surface area contributed by atoms with Gasteiger partial charge in [0.1, 0.15) is 5.82 Å². The number of hydrogen-bond donors (Lipinski definition) is 1. The summed E-state index contributed by atoms with van der Waals surface area (Å²) in [6.07, 6.45) is 2.40. The van der Waals surface area contributed by atoms with Crippen LogP contribution >= 0.6 is 11.6 Å². The van der Waals surface area contributed by atoms with Gasteiger partial charge in [-0.05, 0) is 37.6 Å². The summed E-state index contributed by atoms with van der Waals surface area (Å²) in [5.74, 6) is 1.12. The maximum Gasteiger partial charge on any atom is 0.126 e. The molecule has 0 radical (unpaired) electrons. The molecule has 1 saturated heterocycles. The Bertz CT molecular complexity index is 526. The van der Waals surface area contributed by atoms with Gasteiger partial charge in [-0.2, -0.15) is 0 Å². The number of aromatic nitrogens is 2. The Morgan fingerprint density at radius 1 is 1.50 bits per heavy atom. The number of benzene rings is 1. The lowest BCUT2D eigenvalue weighted by Gasteiger charge is -2.09. The summed E-state index contributed by atoms with van der Waals surface area (Å²) < 4.78 is 2.14. The van der Waals surface area contributed by atoms with Gasteiger partial charge in [0.25, 0.3) is 0 Å². The van der Waals surface area contributed by atoms with E-state index in [4.69, 9.17) is 11.6 Å². The Morgan fingerprint density at radius 2 is 2.38 bits per heavy atom. The van der Waals surface area contributed by atoms with Crippen LogP contribution < -0.4 is 5.32 Å². The van der Waals surface area contributed by atoms with Crippen LogP contribution in [0.3, 0.4) is 0 Å². The molecule has 0 amide bonds. The van der Waals surface area contributed by atoms with E-state index in [-0.39, 0.29) is 0 Å². The average Bonchev–Trinajstić information content (AvgIpc) is 2.87. The normalized spacial score (nSPS) is 20.8. The van der Waals surface area contributed by atoms with Crippen molar-refractivity contribution in [3.63, 3.8) is 0 Å². The summed E-state index contributed by atoms with van der Waals surface area (Å²) in [6, 6.07) is 6.25. The Kier molecular flexibility index (Phi) is 2.37. The molecule has 1 fully saturated rings. The van der Waals surface area contributed by atoms with Crippen molar-refractivity contribution in [2.24, 2.45) is 7.05 Å². The number of nitrogens with one attached hydrogen (secondary N) is 1. The zero-order chi connectivity index (χ0) is 11.1. The first kappa shape index (κ1) is 10.1. The van der Waals surface area contributed by atoms with Gasteiger partial charge in [0.2, 0.25) is 0 Å². The zero-order valence-electron chi connectivity index (χ0n) is 9.20. The molecule has 2 heterocycles. The van der Waals surface area contributed by atoms with Gasteiger partial charge in [-0.3, -0.25) is 0 Å². The SMILES string of the molecule is Cn1c(C2CCCN2)nc2ccc(Cl)cc21. The van der Waals surface area contributed by atoms with Crippen molar-refractivity contribution in [1.29, 1.82) is 0 Å². The molecular formula is C12H14ClN3. The maximum absolute atomic E-state index is 6.00. The number of hydrogen-bond acceptors (Lipinski definition) is 2. The largest absolute Gasteiger partial charge is 0.330 e. The van der Waals surface area contributed by atoms with E-state index in [2.05, 4.69) is 21.9 Å². The highest BCUT2D eigenvalue weighted by Gasteiger charge is 2.21. The highest BCUT2D eigenvalue weighted by atomic mass is 35.5. The predicted molar refractivity (Wildman–Crippen MR) is 65.7 cm³/mol. The van der Waals surface area contributed by atoms with Crippen LogP contribution in [0, 0.1) is 0 Å². The molecule has 0 bridgehead atoms. The fourth-order valence-electron chi connectivity index (χ4n) is 2.40. The van der Waals surface area contributed by atoms with Crippen LogP contribution in [0.25, 0.3) is 11.0 Å². The van der Waals surface area contributed by atoms with Crippen LogP contribution in [0.1, 0.15) is 24.7 Å². The molecule has 4 heteroatoms. The molecule has 3 rings (SSSR count). The van der Waals surface area contributed by atoms with Crippen LogP contribution in [-0.2, 0) is 7.05 Å². The second kappa shape index (κ2) is 3.75. The molecule has 0 saturated carbocycles. The monoisotopic (exact) mass is 235 g/mol. The summed E-state index contributed by atoms with van der Waals surface area (Å²) in [7, 11) is 2.06. The Balaban J connectivity index is 2.15. The van der Waals surface area contributed by atoms with E-state index in [1.807, 2.05) is 18.2 Å². The van der Waals surface area contributed by atoms with Crippen LogP contribution in [0.4, 0.5) is 0 Å². The lowest BCUT2D eigenvalue weighted by molar-refractivity contribution is 0.584. The van der Waals surface area contributed by atoms with Gasteiger partial charge in [-0.1, -0.05) is 11.6 Å². The Labute approximate surface area is 99.4 Å². The van der Waals surface area contributed by atoms with Gasteiger partial charge in [0.05, 0.1) is 17.1 Å². The summed E-state index contributed by atoms with van der Waals surface area (Å²) in [5.41, 5.74) is 2.13. The van der Waals surface area contributed by atoms with Crippen molar-refractivity contribution in [3.05, 3.63) is 29.0 Å². The molecule has 1 aromatic heterocycles. The summed E-state index contributed by atoms with van der Waals surface area (Å²) in [4.78, 5) is 4.68. The molecule has 0 aliphatic carbocycles. The molecule has 16 heavy (non-hydrogen) atoms. The quantitative estimate of drug-likeness (QED) is 0.824. The van der Waals surface area contributed by atoms with Gasteiger partial charge in [0, 0.05) is 12.1 Å². The fraction of sp³-hybridized carbons (Fsp3) is 0.417. The molecule has 2 aromatic rings. The fourth-order valence-corrected chi connectivity index (χ4v) is 2.56. The lowest BCUT2D eigenvalue weighted by Crippen LogP contribution is -2.16. The molecule has 1 unspecified atom stereocenters. The second-order valence-electron chi connectivity index (χ2n) is 4.31. The highest BCUT2D eigenvalue weighted by molar-refractivity contribution is 6.31. The number of rotatable bonds is 1. The van der Waals surface area contributed by atoms with E-state index in [9.17, 15) is 0 Å². The standard InChI is InChI=1S/C12H14ClN3/c1-16-11-7-8(13)4-5-9(11)15-12(16)10-3-2-6-14-10/h4-5,7,10,14H,2-3,6H2,1H3. The molecular weight excluding hydrogens is 222 g/mol. The first-order chi connectivity index (χ1) is 7.75. The van der Waals surface area contributed by atoms with E-state index in [1.165, 1.54) is 12.8 Å². The highest BCUT2D eigenvalue weighted by Crippen LogP contribution is 2.26. The third kappa shape index (κ3) is 1.51. The Morgan fingerprint density at radius 3 is 3.12 bits per heavy atom. The van der Waals surface area contributed by atoms with E-state index < -0.39 is 0 Å². The summed E-state index contributed by atoms with van der Waals surface area (Å²) in [6.45, 7) is 1.09. The van der Waals surface area contributed by atoms with E-state index in [0.29, 0.717) is 6.04 Å². The second-order valence-corrected chi connectivity index (χ2v) is 4.75. The van der Waals surface area contributed by atoms with Gasteiger partial charge in [-0.15, -0.1) is 0 Å². The molecule has 1 atom stereocenters. The van der Waals surface area contributed by atoms with Gasteiger partial charge in [0.15, 0.2) is 0 Å². The van der Waals surface area contributed by atoms with Gasteiger partial charge >= 0.3 is 0 Å². The van der Waals surface area contributed by atoms with Crippen LogP contribution in [0.15, 0.2) is 18.2 Å². The third-order valence-corrected chi connectivity index (χ3v) is 3.48. The average molecular weight is 236 g/mol. The van der Waals surface area contributed by atoms with Crippen molar-refractivity contribution in [1.82, 2.24) is 14.9 Å². The van der Waals surface area contributed by atoms with Gasteiger partial charge in [-0.25, -0.2) is 4.98 Å². The first-order valence-electron chi connectivity index (χ1n) is 5.61. The third-order valence-electron chi connectivity index (χ3n) is 3.25. The van der Waals surface area contributed by atoms with E-state index in [0.717, 1.165) is 28.4 Å². The molecule has 84 valence electrons. The number of halogens is 1. The number of nitrogens with zero attached hydrogens (tertiary/aromatic N) is 2. The molecule has 3 nitrogen and oxygen atoms in total. The van der Waals surface area contributed by atoms with Crippen molar-refractivity contribution in [3.8, 4) is 0 Å².